The molecule has 0 amide bonds. The summed E-state index contributed by atoms with van der Waals surface area (Å²) in [6.07, 6.45) is 0. The van der Waals surface area contributed by atoms with E-state index in [9.17, 15) is 4.79 Å². The van der Waals surface area contributed by atoms with Crippen LogP contribution in [0.2, 0.25) is 10.0 Å². The zero-order chi connectivity index (χ0) is 14.0. The van der Waals surface area contributed by atoms with Gasteiger partial charge in [-0.15, -0.1) is 0 Å². The van der Waals surface area contributed by atoms with Crippen LogP contribution in [0.3, 0.4) is 0 Å². The van der Waals surface area contributed by atoms with Gasteiger partial charge in [-0.2, -0.15) is 0 Å². The van der Waals surface area contributed by atoms with Gasteiger partial charge >= 0.3 is 5.97 Å². The molecule has 1 heterocycles. The van der Waals surface area contributed by atoms with E-state index in [0.29, 0.717) is 26.9 Å². The van der Waals surface area contributed by atoms with E-state index in [4.69, 9.17) is 32.5 Å². The van der Waals surface area contributed by atoms with Gasteiger partial charge in [0.25, 0.3) is 0 Å². The molecule has 0 spiro atoms. The summed E-state index contributed by atoms with van der Waals surface area (Å²) in [6, 6.07) is 5.01. The standard InChI is InChI=1S/C13H11Cl2NO3/c1-3-18-13(17)11-7(2)12(19-16-11)9-5-4-8(14)6-10(9)15/h4-6H,3H2,1-2H3. The first-order valence-electron chi connectivity index (χ1n) is 5.63. The molecule has 0 saturated heterocycles. The predicted molar refractivity (Wildman–Crippen MR) is 72.7 cm³/mol. The van der Waals surface area contributed by atoms with Crippen LogP contribution < -0.4 is 0 Å². The second-order valence-electron chi connectivity index (χ2n) is 3.83. The van der Waals surface area contributed by atoms with Gasteiger partial charge < -0.3 is 9.26 Å². The molecule has 4 nitrogen and oxygen atoms in total. The molecule has 0 atom stereocenters. The van der Waals surface area contributed by atoms with Crippen molar-refractivity contribution < 1.29 is 14.1 Å². The molecule has 0 aliphatic heterocycles. The SMILES string of the molecule is CCOC(=O)c1noc(-c2ccc(Cl)cc2Cl)c1C. The van der Waals surface area contributed by atoms with Crippen LogP contribution in [0, 0.1) is 6.92 Å². The minimum atomic E-state index is -0.514. The number of hydrogen-bond acceptors (Lipinski definition) is 4. The molecule has 6 heteroatoms. The highest BCUT2D eigenvalue weighted by molar-refractivity contribution is 6.36. The normalized spacial score (nSPS) is 10.5. The Hall–Kier alpha value is -1.52. The smallest absolute Gasteiger partial charge is 0.360 e. The van der Waals surface area contributed by atoms with E-state index in [-0.39, 0.29) is 12.3 Å². The topological polar surface area (TPSA) is 52.3 Å². The molecule has 19 heavy (non-hydrogen) atoms. The second-order valence-corrected chi connectivity index (χ2v) is 4.67. The fourth-order valence-corrected chi connectivity index (χ4v) is 2.14. The van der Waals surface area contributed by atoms with E-state index >= 15 is 0 Å². The van der Waals surface area contributed by atoms with Gasteiger partial charge in [0.1, 0.15) is 0 Å². The number of carbonyl (C=O) groups excluding carboxylic acids is 1. The van der Waals surface area contributed by atoms with Crippen molar-refractivity contribution in [3.8, 4) is 11.3 Å². The number of hydrogen-bond donors (Lipinski definition) is 0. The molecule has 0 fully saturated rings. The maximum atomic E-state index is 11.7. The van der Waals surface area contributed by atoms with Crippen molar-refractivity contribution >= 4 is 29.2 Å². The molecule has 0 saturated carbocycles. The van der Waals surface area contributed by atoms with E-state index in [2.05, 4.69) is 5.16 Å². The van der Waals surface area contributed by atoms with Crippen LogP contribution in [0.15, 0.2) is 22.7 Å². The van der Waals surface area contributed by atoms with Crippen molar-refractivity contribution in [3.63, 3.8) is 0 Å². The first-order valence-corrected chi connectivity index (χ1v) is 6.39. The molecule has 2 aromatic rings. The Morgan fingerprint density at radius 1 is 1.42 bits per heavy atom. The lowest BCUT2D eigenvalue weighted by molar-refractivity contribution is 0.0514. The number of halogens is 2. The van der Waals surface area contributed by atoms with Crippen LogP contribution in [0.5, 0.6) is 0 Å². The Kier molecular flexibility index (Phi) is 4.12. The van der Waals surface area contributed by atoms with E-state index in [1.807, 2.05) is 0 Å². The quantitative estimate of drug-likeness (QED) is 0.800. The van der Waals surface area contributed by atoms with Gasteiger partial charge in [-0.05, 0) is 32.0 Å². The number of esters is 1. The Morgan fingerprint density at radius 3 is 2.79 bits per heavy atom. The summed E-state index contributed by atoms with van der Waals surface area (Å²) in [5.41, 5.74) is 1.37. The summed E-state index contributed by atoms with van der Waals surface area (Å²) >= 11 is 11.9. The van der Waals surface area contributed by atoms with Crippen LogP contribution in [0.4, 0.5) is 0 Å². The first kappa shape index (κ1) is 13.9. The average molecular weight is 300 g/mol. The molecule has 0 radical (unpaired) electrons. The third-order valence-electron chi connectivity index (χ3n) is 2.57. The molecular formula is C13H11Cl2NO3. The van der Waals surface area contributed by atoms with Crippen molar-refractivity contribution in [3.05, 3.63) is 39.5 Å². The second kappa shape index (κ2) is 5.63. The van der Waals surface area contributed by atoms with E-state index in [1.54, 1.807) is 32.0 Å². The van der Waals surface area contributed by atoms with E-state index in [0.717, 1.165) is 0 Å². The number of aromatic nitrogens is 1. The number of carbonyl (C=O) groups is 1. The monoisotopic (exact) mass is 299 g/mol. The molecule has 0 unspecified atom stereocenters. The molecule has 0 aliphatic rings. The van der Waals surface area contributed by atoms with Gasteiger partial charge in [0, 0.05) is 16.1 Å². The molecule has 0 bridgehead atoms. The minimum Gasteiger partial charge on any atom is -0.461 e. The summed E-state index contributed by atoms with van der Waals surface area (Å²) in [7, 11) is 0. The Bertz CT molecular complexity index is 622. The Balaban J connectivity index is 2.44. The maximum absolute atomic E-state index is 11.7. The number of benzene rings is 1. The fourth-order valence-electron chi connectivity index (χ4n) is 1.65. The third-order valence-corrected chi connectivity index (χ3v) is 3.12. The van der Waals surface area contributed by atoms with Gasteiger partial charge in [-0.1, -0.05) is 28.4 Å². The molecular weight excluding hydrogens is 289 g/mol. The molecule has 1 aromatic heterocycles. The average Bonchev–Trinajstić information content (AvgIpc) is 2.72. The maximum Gasteiger partial charge on any atom is 0.360 e. The van der Waals surface area contributed by atoms with Gasteiger partial charge in [0.05, 0.1) is 11.6 Å². The van der Waals surface area contributed by atoms with Crippen LogP contribution in [0.25, 0.3) is 11.3 Å². The summed E-state index contributed by atoms with van der Waals surface area (Å²) in [5.74, 6) is -0.0789. The third kappa shape index (κ3) is 2.74. The fraction of sp³-hybridized carbons (Fsp3) is 0.231. The largest absolute Gasteiger partial charge is 0.461 e. The van der Waals surface area contributed by atoms with Crippen LogP contribution in [-0.2, 0) is 4.74 Å². The van der Waals surface area contributed by atoms with Crippen molar-refractivity contribution in [2.45, 2.75) is 13.8 Å². The molecule has 0 aliphatic carbocycles. The first-order chi connectivity index (χ1) is 9.04. The summed E-state index contributed by atoms with van der Waals surface area (Å²) in [5, 5.41) is 4.69. The lowest BCUT2D eigenvalue weighted by atomic mass is 10.1. The lowest BCUT2D eigenvalue weighted by Crippen LogP contribution is -2.06. The number of ether oxygens (including phenoxy) is 1. The zero-order valence-corrected chi connectivity index (χ0v) is 11.9. The van der Waals surface area contributed by atoms with E-state index < -0.39 is 5.97 Å². The highest BCUT2D eigenvalue weighted by atomic mass is 35.5. The summed E-state index contributed by atoms with van der Waals surface area (Å²) in [4.78, 5) is 11.7. The van der Waals surface area contributed by atoms with Crippen molar-refractivity contribution in [1.82, 2.24) is 5.16 Å². The van der Waals surface area contributed by atoms with E-state index in [1.165, 1.54) is 0 Å². The molecule has 100 valence electrons. The predicted octanol–water partition coefficient (Wildman–Crippen LogP) is 4.13. The Morgan fingerprint density at radius 2 is 2.16 bits per heavy atom. The highest BCUT2D eigenvalue weighted by Crippen LogP contribution is 2.33. The van der Waals surface area contributed by atoms with Gasteiger partial charge in [0.2, 0.25) is 0 Å². The summed E-state index contributed by atoms with van der Waals surface area (Å²) in [6.45, 7) is 3.73. The van der Waals surface area contributed by atoms with Gasteiger partial charge in [-0.3, -0.25) is 0 Å². The summed E-state index contributed by atoms with van der Waals surface area (Å²) < 4.78 is 10.1. The number of rotatable bonds is 3. The van der Waals surface area contributed by atoms with Crippen molar-refractivity contribution in [1.29, 1.82) is 0 Å². The van der Waals surface area contributed by atoms with Crippen molar-refractivity contribution in [2.75, 3.05) is 6.61 Å². The van der Waals surface area contributed by atoms with Crippen LogP contribution in [-0.4, -0.2) is 17.7 Å². The molecule has 2 rings (SSSR count). The number of nitrogens with zero attached hydrogens (tertiary/aromatic N) is 1. The highest BCUT2D eigenvalue weighted by Gasteiger charge is 2.21. The zero-order valence-electron chi connectivity index (χ0n) is 10.4. The molecule has 0 N–H and O–H groups in total. The molecule has 1 aromatic carbocycles. The lowest BCUT2D eigenvalue weighted by Gasteiger charge is -2.02. The van der Waals surface area contributed by atoms with Crippen LogP contribution >= 0.6 is 23.2 Å². The minimum absolute atomic E-state index is 0.155. The van der Waals surface area contributed by atoms with Crippen LogP contribution in [0.1, 0.15) is 23.0 Å². The van der Waals surface area contributed by atoms with Gasteiger partial charge in [0.15, 0.2) is 11.5 Å². The van der Waals surface area contributed by atoms with Gasteiger partial charge in [-0.25, -0.2) is 4.79 Å². The van der Waals surface area contributed by atoms with Crippen molar-refractivity contribution in [2.24, 2.45) is 0 Å². The Labute approximate surface area is 120 Å².